The number of likely N-dealkylation sites (N-methyl/N-ethyl adjacent to an activating group) is 1. The third kappa shape index (κ3) is 3.33. The number of nitrogens with one attached hydrogen (secondary N) is 1. The van der Waals surface area contributed by atoms with E-state index in [1.54, 1.807) is 7.11 Å². The Morgan fingerprint density at radius 2 is 2.19 bits per heavy atom. The summed E-state index contributed by atoms with van der Waals surface area (Å²) in [4.78, 5) is 27.1. The van der Waals surface area contributed by atoms with Crippen LogP contribution in [0.2, 0.25) is 0 Å². The monoisotopic (exact) mass is 291 g/mol. The summed E-state index contributed by atoms with van der Waals surface area (Å²) in [5.74, 6) is 0.616. The van der Waals surface area contributed by atoms with Gasteiger partial charge in [-0.15, -0.1) is 0 Å². The molecule has 114 valence electrons. The van der Waals surface area contributed by atoms with E-state index < -0.39 is 0 Å². The number of imide groups is 1. The molecule has 1 aromatic rings. The summed E-state index contributed by atoms with van der Waals surface area (Å²) in [5.41, 5.74) is 1.01. The van der Waals surface area contributed by atoms with Crippen molar-refractivity contribution in [2.45, 2.75) is 19.5 Å². The molecule has 6 heteroatoms. The lowest BCUT2D eigenvalue weighted by Gasteiger charge is -2.27. The quantitative estimate of drug-likeness (QED) is 0.881. The second kappa shape index (κ2) is 6.58. The van der Waals surface area contributed by atoms with Gasteiger partial charge < -0.3 is 10.1 Å². The Hall–Kier alpha value is -2.08. The maximum atomic E-state index is 12.3. The highest BCUT2D eigenvalue weighted by Crippen LogP contribution is 2.20. The fraction of sp³-hybridized carbons (Fsp3) is 0.467. The summed E-state index contributed by atoms with van der Waals surface area (Å²) in [6, 6.07) is 7.02. The molecule has 1 aliphatic rings. The number of carbonyl (C=O) groups excluding carboxylic acids is 2. The first-order chi connectivity index (χ1) is 10.0. The van der Waals surface area contributed by atoms with Crippen molar-refractivity contribution in [2.75, 3.05) is 27.2 Å². The van der Waals surface area contributed by atoms with Gasteiger partial charge in [-0.05, 0) is 20.0 Å². The molecule has 1 aromatic carbocycles. The minimum atomic E-state index is -0.376. The zero-order valence-corrected chi connectivity index (χ0v) is 12.6. The van der Waals surface area contributed by atoms with Crippen LogP contribution in [0.4, 0.5) is 4.79 Å². The molecule has 1 aliphatic heterocycles. The molecule has 1 saturated heterocycles. The Labute approximate surface area is 124 Å². The first-order valence-corrected chi connectivity index (χ1v) is 6.96. The Kier molecular flexibility index (Phi) is 4.80. The van der Waals surface area contributed by atoms with Crippen molar-refractivity contribution in [3.8, 4) is 5.75 Å². The van der Waals surface area contributed by atoms with E-state index in [0.717, 1.165) is 11.3 Å². The van der Waals surface area contributed by atoms with Crippen LogP contribution in [0.25, 0.3) is 0 Å². The summed E-state index contributed by atoms with van der Waals surface area (Å²) in [5, 5.41) is 2.64. The highest BCUT2D eigenvalue weighted by Gasteiger charge is 2.31. The van der Waals surface area contributed by atoms with Gasteiger partial charge in [-0.25, -0.2) is 4.79 Å². The standard InChI is InChI=1S/C15H21N3O3/c1-11(14(19)18-9-8-16-15(18)20)17(2)10-12-6-4-5-7-13(12)21-3/h4-7,11H,8-10H2,1-3H3,(H,16,20)/t11-/m0/s1. The molecule has 1 fully saturated rings. The van der Waals surface area contributed by atoms with E-state index >= 15 is 0 Å². The summed E-state index contributed by atoms with van der Waals surface area (Å²) in [6.45, 7) is 3.34. The number of urea groups is 1. The summed E-state index contributed by atoms with van der Waals surface area (Å²) >= 11 is 0. The number of benzene rings is 1. The van der Waals surface area contributed by atoms with Crippen LogP contribution in [-0.4, -0.2) is 55.0 Å². The normalized spacial score (nSPS) is 16.0. The molecule has 0 saturated carbocycles. The number of hydrogen-bond donors (Lipinski definition) is 1. The van der Waals surface area contributed by atoms with Crippen LogP contribution in [0.3, 0.4) is 0 Å². The topological polar surface area (TPSA) is 61.9 Å². The number of methoxy groups -OCH3 is 1. The largest absolute Gasteiger partial charge is 0.496 e. The molecule has 1 N–H and O–H groups in total. The van der Waals surface area contributed by atoms with Crippen molar-refractivity contribution in [2.24, 2.45) is 0 Å². The zero-order valence-electron chi connectivity index (χ0n) is 12.6. The molecule has 0 spiro atoms. The van der Waals surface area contributed by atoms with E-state index in [2.05, 4.69) is 5.32 Å². The molecule has 3 amide bonds. The molecular formula is C15H21N3O3. The summed E-state index contributed by atoms with van der Waals surface area (Å²) in [6.07, 6.45) is 0. The van der Waals surface area contributed by atoms with Crippen molar-refractivity contribution >= 4 is 11.9 Å². The molecule has 1 heterocycles. The Morgan fingerprint density at radius 1 is 1.48 bits per heavy atom. The van der Waals surface area contributed by atoms with Gasteiger partial charge in [0.1, 0.15) is 5.75 Å². The van der Waals surface area contributed by atoms with Crippen LogP contribution in [0.5, 0.6) is 5.75 Å². The maximum Gasteiger partial charge on any atom is 0.324 e. The lowest BCUT2D eigenvalue weighted by atomic mass is 10.1. The van der Waals surface area contributed by atoms with Gasteiger partial charge in [0.15, 0.2) is 0 Å². The van der Waals surface area contributed by atoms with Gasteiger partial charge in [-0.2, -0.15) is 0 Å². The predicted octanol–water partition coefficient (Wildman–Crippen LogP) is 1.07. The molecule has 6 nitrogen and oxygen atoms in total. The van der Waals surface area contributed by atoms with Gasteiger partial charge in [0.25, 0.3) is 0 Å². The van der Waals surface area contributed by atoms with Crippen LogP contribution in [0.15, 0.2) is 24.3 Å². The van der Waals surface area contributed by atoms with Gasteiger partial charge in [-0.1, -0.05) is 18.2 Å². The smallest absolute Gasteiger partial charge is 0.324 e. The third-order valence-electron chi connectivity index (χ3n) is 3.75. The van der Waals surface area contributed by atoms with E-state index in [-0.39, 0.29) is 18.0 Å². The second-order valence-electron chi connectivity index (χ2n) is 5.12. The van der Waals surface area contributed by atoms with E-state index in [0.29, 0.717) is 19.6 Å². The van der Waals surface area contributed by atoms with Crippen LogP contribution in [0.1, 0.15) is 12.5 Å². The Balaban J connectivity index is 2.03. The Bertz CT molecular complexity index is 533. The van der Waals surface area contributed by atoms with Crippen LogP contribution >= 0.6 is 0 Å². The van der Waals surface area contributed by atoms with E-state index in [9.17, 15) is 9.59 Å². The number of ether oxygens (including phenoxy) is 1. The van der Waals surface area contributed by atoms with Crippen LogP contribution in [0, 0.1) is 0 Å². The Morgan fingerprint density at radius 3 is 2.81 bits per heavy atom. The minimum Gasteiger partial charge on any atom is -0.496 e. The highest BCUT2D eigenvalue weighted by atomic mass is 16.5. The van der Waals surface area contributed by atoms with E-state index in [4.69, 9.17) is 4.74 Å². The van der Waals surface area contributed by atoms with Gasteiger partial charge in [0.2, 0.25) is 5.91 Å². The fourth-order valence-corrected chi connectivity index (χ4v) is 2.34. The van der Waals surface area contributed by atoms with Crippen molar-refractivity contribution in [3.05, 3.63) is 29.8 Å². The number of rotatable bonds is 5. The van der Waals surface area contributed by atoms with Gasteiger partial charge >= 0.3 is 6.03 Å². The zero-order chi connectivity index (χ0) is 15.4. The van der Waals surface area contributed by atoms with Gasteiger partial charge in [-0.3, -0.25) is 14.6 Å². The molecular weight excluding hydrogens is 270 g/mol. The number of nitrogens with zero attached hydrogens (tertiary/aromatic N) is 2. The van der Waals surface area contributed by atoms with E-state index in [1.165, 1.54) is 4.90 Å². The highest BCUT2D eigenvalue weighted by molar-refractivity contribution is 5.98. The summed E-state index contributed by atoms with van der Waals surface area (Å²) < 4.78 is 5.32. The van der Waals surface area contributed by atoms with Gasteiger partial charge in [0.05, 0.1) is 13.2 Å². The summed E-state index contributed by atoms with van der Waals surface area (Å²) in [7, 11) is 3.49. The fourth-order valence-electron chi connectivity index (χ4n) is 2.34. The number of para-hydroxylation sites is 1. The average Bonchev–Trinajstić information content (AvgIpc) is 2.92. The molecule has 0 aromatic heterocycles. The number of amides is 3. The second-order valence-corrected chi connectivity index (χ2v) is 5.12. The number of carbonyl (C=O) groups is 2. The van der Waals surface area contributed by atoms with Crippen molar-refractivity contribution in [3.63, 3.8) is 0 Å². The molecule has 0 radical (unpaired) electrons. The third-order valence-corrected chi connectivity index (χ3v) is 3.75. The van der Waals surface area contributed by atoms with Crippen molar-refractivity contribution in [1.82, 2.24) is 15.1 Å². The molecule has 0 bridgehead atoms. The van der Waals surface area contributed by atoms with Crippen LogP contribution in [-0.2, 0) is 11.3 Å². The first kappa shape index (κ1) is 15.3. The van der Waals surface area contributed by atoms with Gasteiger partial charge in [0, 0.05) is 25.2 Å². The molecule has 0 aliphatic carbocycles. The average molecular weight is 291 g/mol. The predicted molar refractivity (Wildman–Crippen MR) is 79.0 cm³/mol. The SMILES string of the molecule is COc1ccccc1CN(C)[C@@H](C)C(=O)N1CCNC1=O. The van der Waals surface area contributed by atoms with Crippen LogP contribution < -0.4 is 10.1 Å². The number of hydrogen-bond acceptors (Lipinski definition) is 4. The first-order valence-electron chi connectivity index (χ1n) is 6.96. The molecule has 1 atom stereocenters. The molecule has 2 rings (SSSR count). The minimum absolute atomic E-state index is 0.178. The lowest BCUT2D eigenvalue weighted by molar-refractivity contribution is -0.132. The van der Waals surface area contributed by atoms with Crippen molar-refractivity contribution < 1.29 is 14.3 Å². The van der Waals surface area contributed by atoms with E-state index in [1.807, 2.05) is 43.1 Å². The molecule has 0 unspecified atom stereocenters. The van der Waals surface area contributed by atoms with Crippen molar-refractivity contribution in [1.29, 1.82) is 0 Å². The maximum absolute atomic E-state index is 12.3. The molecule has 21 heavy (non-hydrogen) atoms. The lowest BCUT2D eigenvalue weighted by Crippen LogP contribution is -2.46.